The Morgan fingerprint density at radius 3 is 2.89 bits per heavy atom. The lowest BCUT2D eigenvalue weighted by Crippen LogP contribution is -2.33. The molecule has 0 saturated heterocycles. The Kier molecular flexibility index (Phi) is 4.13. The molecule has 1 aliphatic rings. The zero-order valence-electron chi connectivity index (χ0n) is 9.56. The standard InChI is InChI=1S/C9H13N4O4P/c14-4-9(17-18(15)16)2-1-7(3-9)13-8-11-5-10-6-12-8/h5-7,14H,1-4H2,(H-,10,11,12,13,15,16)/p+1. The fourth-order valence-corrected chi connectivity index (χ4v) is 2.69. The van der Waals surface area contributed by atoms with E-state index >= 15 is 0 Å². The maximum absolute atomic E-state index is 10.7. The minimum absolute atomic E-state index is 0.00509. The molecule has 0 spiro atoms. The Balaban J connectivity index is 1.97. The van der Waals surface area contributed by atoms with Gasteiger partial charge in [-0.15, -0.1) is 9.42 Å². The first kappa shape index (κ1) is 13.2. The third kappa shape index (κ3) is 3.17. The van der Waals surface area contributed by atoms with Gasteiger partial charge in [0.15, 0.2) is 5.60 Å². The highest BCUT2D eigenvalue weighted by atomic mass is 31.1. The quantitative estimate of drug-likeness (QED) is 0.653. The molecule has 0 bridgehead atoms. The number of aromatic nitrogens is 3. The molecule has 1 heterocycles. The van der Waals surface area contributed by atoms with Gasteiger partial charge < -0.3 is 10.4 Å². The van der Waals surface area contributed by atoms with Crippen LogP contribution in [-0.4, -0.2) is 43.2 Å². The Labute approximate surface area is 104 Å². The fraction of sp³-hybridized carbons (Fsp3) is 0.667. The van der Waals surface area contributed by atoms with Gasteiger partial charge in [-0.2, -0.15) is 0 Å². The molecule has 0 aromatic carbocycles. The zero-order valence-corrected chi connectivity index (χ0v) is 10.5. The van der Waals surface area contributed by atoms with Crippen LogP contribution >= 0.6 is 8.25 Å². The van der Waals surface area contributed by atoms with Crippen molar-refractivity contribution >= 4 is 14.2 Å². The van der Waals surface area contributed by atoms with Crippen LogP contribution in [-0.2, 0) is 9.09 Å². The van der Waals surface area contributed by atoms with E-state index in [1.165, 1.54) is 12.7 Å². The third-order valence-corrected chi connectivity index (χ3v) is 3.50. The highest BCUT2D eigenvalue weighted by Crippen LogP contribution is 2.39. The molecule has 1 aromatic heterocycles. The van der Waals surface area contributed by atoms with E-state index in [0.29, 0.717) is 25.2 Å². The van der Waals surface area contributed by atoms with Gasteiger partial charge in [-0.3, -0.25) is 0 Å². The summed E-state index contributed by atoms with van der Waals surface area (Å²) < 4.78 is 15.7. The number of nitrogens with one attached hydrogen (secondary N) is 1. The molecule has 8 nitrogen and oxygen atoms in total. The summed E-state index contributed by atoms with van der Waals surface area (Å²) in [5, 5.41) is 12.4. The third-order valence-electron chi connectivity index (χ3n) is 2.95. The number of hydrogen-bond donors (Lipinski definition) is 3. The van der Waals surface area contributed by atoms with Crippen LogP contribution in [0, 0.1) is 0 Å². The highest BCUT2D eigenvalue weighted by Gasteiger charge is 2.46. The Bertz CT molecular complexity index is 420. The van der Waals surface area contributed by atoms with Crippen molar-refractivity contribution < 1.29 is 19.1 Å². The van der Waals surface area contributed by atoms with Crippen LogP contribution in [0.4, 0.5) is 5.95 Å². The molecule has 0 aliphatic heterocycles. The van der Waals surface area contributed by atoms with Crippen LogP contribution in [0.2, 0.25) is 0 Å². The zero-order chi connectivity index (χ0) is 13.0. The summed E-state index contributed by atoms with van der Waals surface area (Å²) in [6, 6.07) is -0.00509. The monoisotopic (exact) mass is 273 g/mol. The van der Waals surface area contributed by atoms with Crippen LogP contribution in [0.1, 0.15) is 19.3 Å². The minimum Gasteiger partial charge on any atom is -0.393 e. The molecule has 9 heteroatoms. The van der Waals surface area contributed by atoms with Crippen molar-refractivity contribution in [3.05, 3.63) is 12.7 Å². The topological polar surface area (TPSA) is 117 Å². The molecule has 0 radical (unpaired) electrons. The molecule has 1 aliphatic carbocycles. The van der Waals surface area contributed by atoms with E-state index in [4.69, 9.17) is 9.42 Å². The lowest BCUT2D eigenvalue weighted by atomic mass is 10.0. The van der Waals surface area contributed by atoms with Gasteiger partial charge in [0.25, 0.3) is 0 Å². The smallest absolute Gasteiger partial charge is 0.393 e. The summed E-state index contributed by atoms with van der Waals surface area (Å²) in [5.41, 5.74) is -0.951. The SMILES string of the molecule is O=[P+](O)OC1(CO)CCC(Nc2ncncn2)C1. The summed E-state index contributed by atoms with van der Waals surface area (Å²) >= 11 is 0. The molecule has 3 N–H and O–H groups in total. The van der Waals surface area contributed by atoms with Gasteiger partial charge in [-0.05, 0) is 12.8 Å². The second-order valence-corrected chi connectivity index (χ2v) is 4.87. The molecule has 2 rings (SSSR count). The van der Waals surface area contributed by atoms with E-state index in [9.17, 15) is 9.67 Å². The summed E-state index contributed by atoms with van der Waals surface area (Å²) in [6.07, 6.45) is 4.40. The van der Waals surface area contributed by atoms with E-state index in [2.05, 4.69) is 20.3 Å². The summed E-state index contributed by atoms with van der Waals surface area (Å²) in [6.45, 7) is -0.288. The van der Waals surface area contributed by atoms with E-state index in [0.717, 1.165) is 0 Å². The van der Waals surface area contributed by atoms with E-state index in [1.54, 1.807) is 0 Å². The molecule has 1 saturated carbocycles. The number of anilines is 1. The number of hydrogen-bond acceptors (Lipinski definition) is 7. The number of rotatable bonds is 5. The first-order valence-electron chi connectivity index (χ1n) is 5.48. The van der Waals surface area contributed by atoms with Crippen molar-refractivity contribution in [2.75, 3.05) is 11.9 Å². The summed E-state index contributed by atoms with van der Waals surface area (Å²) in [4.78, 5) is 20.4. The first-order chi connectivity index (χ1) is 8.63. The molecule has 18 heavy (non-hydrogen) atoms. The number of aliphatic hydroxyl groups excluding tert-OH is 1. The van der Waals surface area contributed by atoms with Gasteiger partial charge in [0.2, 0.25) is 5.95 Å². The molecular weight excluding hydrogens is 259 g/mol. The largest absolute Gasteiger partial charge is 0.695 e. The Morgan fingerprint density at radius 2 is 2.28 bits per heavy atom. The molecule has 0 amide bonds. The Morgan fingerprint density at radius 1 is 1.56 bits per heavy atom. The molecular formula is C9H14N4O4P+. The van der Waals surface area contributed by atoms with Crippen LogP contribution in [0.25, 0.3) is 0 Å². The van der Waals surface area contributed by atoms with Crippen LogP contribution < -0.4 is 5.32 Å². The molecule has 1 fully saturated rings. The van der Waals surface area contributed by atoms with Gasteiger partial charge in [0.1, 0.15) is 12.7 Å². The second-order valence-electron chi connectivity index (χ2n) is 4.22. The average Bonchev–Trinajstić information content (AvgIpc) is 2.73. The number of aliphatic hydroxyl groups is 1. The van der Waals surface area contributed by atoms with Crippen LogP contribution in [0.15, 0.2) is 12.7 Å². The predicted molar refractivity (Wildman–Crippen MR) is 61.8 cm³/mol. The molecule has 1 aromatic rings. The van der Waals surface area contributed by atoms with Crippen molar-refractivity contribution in [2.45, 2.75) is 30.9 Å². The highest BCUT2D eigenvalue weighted by molar-refractivity contribution is 7.32. The van der Waals surface area contributed by atoms with E-state index in [1.807, 2.05) is 0 Å². The van der Waals surface area contributed by atoms with Gasteiger partial charge in [0.05, 0.1) is 6.61 Å². The fourth-order valence-electron chi connectivity index (χ4n) is 2.13. The number of nitrogens with zero attached hydrogens (tertiary/aromatic N) is 3. The van der Waals surface area contributed by atoms with Crippen LogP contribution in [0.5, 0.6) is 0 Å². The van der Waals surface area contributed by atoms with Gasteiger partial charge in [0, 0.05) is 17.0 Å². The molecule has 3 atom stereocenters. The minimum atomic E-state index is -2.72. The van der Waals surface area contributed by atoms with Crippen molar-refractivity contribution in [1.29, 1.82) is 0 Å². The lowest BCUT2D eigenvalue weighted by Gasteiger charge is -2.19. The van der Waals surface area contributed by atoms with E-state index in [-0.39, 0.29) is 12.6 Å². The van der Waals surface area contributed by atoms with Gasteiger partial charge in [-0.1, -0.05) is 0 Å². The van der Waals surface area contributed by atoms with Crippen molar-refractivity contribution in [3.63, 3.8) is 0 Å². The molecule has 3 unspecified atom stereocenters. The summed E-state index contributed by atoms with van der Waals surface area (Å²) in [7, 11) is -2.72. The van der Waals surface area contributed by atoms with Gasteiger partial charge in [-0.25, -0.2) is 15.0 Å². The first-order valence-corrected chi connectivity index (χ1v) is 6.61. The van der Waals surface area contributed by atoms with Gasteiger partial charge >= 0.3 is 8.25 Å². The van der Waals surface area contributed by atoms with Crippen molar-refractivity contribution in [2.24, 2.45) is 0 Å². The van der Waals surface area contributed by atoms with Crippen molar-refractivity contribution in [3.8, 4) is 0 Å². The molecule has 98 valence electrons. The average molecular weight is 273 g/mol. The normalized spacial score (nSPS) is 28.1. The maximum Gasteiger partial charge on any atom is 0.695 e. The Hall–Kier alpha value is -1.21. The lowest BCUT2D eigenvalue weighted by molar-refractivity contribution is 0.0125. The van der Waals surface area contributed by atoms with Crippen LogP contribution in [0.3, 0.4) is 0 Å². The maximum atomic E-state index is 10.7. The summed E-state index contributed by atoms with van der Waals surface area (Å²) in [5.74, 6) is 0.442. The predicted octanol–water partition coefficient (Wildman–Crippen LogP) is 0.233. The van der Waals surface area contributed by atoms with Crippen molar-refractivity contribution in [1.82, 2.24) is 15.0 Å². The second kappa shape index (κ2) is 5.62. The van der Waals surface area contributed by atoms with E-state index < -0.39 is 13.9 Å².